The Morgan fingerprint density at radius 2 is 1.79 bits per heavy atom. The van der Waals surface area contributed by atoms with Crippen molar-refractivity contribution < 1.29 is 9.53 Å². The quantitative estimate of drug-likeness (QED) is 0.251. The lowest BCUT2D eigenvalue weighted by atomic mass is 9.95. The summed E-state index contributed by atoms with van der Waals surface area (Å²) in [5.74, 6) is 1.46. The van der Waals surface area contributed by atoms with Crippen molar-refractivity contribution in [3.8, 4) is 17.3 Å². The summed E-state index contributed by atoms with van der Waals surface area (Å²) in [6.07, 6.45) is 7.62. The first-order valence-electron chi connectivity index (χ1n) is 13.7. The molecule has 1 aliphatic rings. The molecule has 0 aliphatic heterocycles. The number of amides is 1. The van der Waals surface area contributed by atoms with Crippen LogP contribution in [0.3, 0.4) is 0 Å². The predicted molar refractivity (Wildman–Crippen MR) is 155 cm³/mol. The van der Waals surface area contributed by atoms with E-state index in [1.54, 1.807) is 35.0 Å². The third-order valence-corrected chi connectivity index (χ3v) is 7.85. The molecule has 4 rings (SSSR count). The van der Waals surface area contributed by atoms with Gasteiger partial charge in [0.15, 0.2) is 5.69 Å². The van der Waals surface area contributed by atoms with Gasteiger partial charge in [0.1, 0.15) is 5.75 Å². The van der Waals surface area contributed by atoms with Gasteiger partial charge in [-0.15, -0.1) is 0 Å². The molecule has 1 aromatic heterocycles. The Hall–Kier alpha value is -2.54. The number of carbonyl (C=O) groups excluding carboxylic acids is 1. The Bertz CT molecular complexity index is 1210. The van der Waals surface area contributed by atoms with Gasteiger partial charge in [0.25, 0.3) is 5.91 Å². The zero-order chi connectivity index (χ0) is 27.1. The normalized spacial score (nSPS) is 15.7. The van der Waals surface area contributed by atoms with Crippen LogP contribution in [0, 0.1) is 5.92 Å². The molecule has 1 saturated carbocycles. The number of para-hydroxylation sites is 1. The second-order valence-corrected chi connectivity index (χ2v) is 11.2. The molecular formula is C30H38Cl2N4O2. The molecule has 6 nitrogen and oxygen atoms in total. The van der Waals surface area contributed by atoms with Crippen molar-refractivity contribution in [2.45, 2.75) is 84.3 Å². The molecule has 1 aliphatic carbocycles. The second-order valence-electron chi connectivity index (χ2n) is 10.4. The van der Waals surface area contributed by atoms with Crippen molar-refractivity contribution in [3.63, 3.8) is 0 Å². The zero-order valence-corrected chi connectivity index (χ0v) is 24.0. The van der Waals surface area contributed by atoms with E-state index in [9.17, 15) is 4.79 Å². The summed E-state index contributed by atoms with van der Waals surface area (Å²) in [7, 11) is 0. The molecule has 0 radical (unpaired) electrons. The Morgan fingerprint density at radius 3 is 2.47 bits per heavy atom. The number of hydrogen-bond donors (Lipinski definition) is 2. The summed E-state index contributed by atoms with van der Waals surface area (Å²) in [5.41, 5.74) is 1.69. The van der Waals surface area contributed by atoms with Gasteiger partial charge in [0, 0.05) is 23.7 Å². The highest BCUT2D eigenvalue weighted by Gasteiger charge is 2.28. The fourth-order valence-electron chi connectivity index (χ4n) is 4.91. The van der Waals surface area contributed by atoms with Crippen molar-refractivity contribution in [3.05, 3.63) is 69.8 Å². The molecule has 1 amide bonds. The van der Waals surface area contributed by atoms with Crippen LogP contribution >= 0.6 is 23.2 Å². The van der Waals surface area contributed by atoms with Crippen molar-refractivity contribution >= 4 is 29.1 Å². The smallest absolute Gasteiger partial charge is 0.272 e. The Morgan fingerprint density at radius 1 is 1.08 bits per heavy atom. The maximum Gasteiger partial charge on any atom is 0.272 e. The van der Waals surface area contributed by atoms with Gasteiger partial charge in [0.2, 0.25) is 5.88 Å². The van der Waals surface area contributed by atoms with Crippen LogP contribution in [-0.2, 0) is 6.54 Å². The number of nitrogens with one attached hydrogen (secondary N) is 2. The third kappa shape index (κ3) is 7.31. The highest BCUT2D eigenvalue weighted by atomic mass is 35.5. The Labute approximate surface area is 236 Å². The summed E-state index contributed by atoms with van der Waals surface area (Å²) in [5, 5.41) is 12.8. The maximum absolute atomic E-state index is 13.7. The molecule has 0 bridgehead atoms. The van der Waals surface area contributed by atoms with Gasteiger partial charge < -0.3 is 15.4 Å². The standard InChI is InChI=1S/C30H38Cl2N4O2/c1-4-20(2)18-21(3)33-19-25-28(29(37)34-23-10-6-5-7-11-23)35-36(27-13-9-8-12-26(27)32)30(25)38-24-16-14-22(31)15-17-24/h8-9,12-17,20-21,23,33H,4-7,10-11,18-19H2,1-3H3,(H,34,37). The molecule has 0 spiro atoms. The lowest BCUT2D eigenvalue weighted by Crippen LogP contribution is -2.37. The monoisotopic (exact) mass is 556 g/mol. The van der Waals surface area contributed by atoms with Gasteiger partial charge in [-0.3, -0.25) is 4.79 Å². The number of aromatic nitrogens is 2. The summed E-state index contributed by atoms with van der Waals surface area (Å²) < 4.78 is 8.07. The average molecular weight is 558 g/mol. The molecule has 0 saturated heterocycles. The zero-order valence-electron chi connectivity index (χ0n) is 22.5. The van der Waals surface area contributed by atoms with Crippen molar-refractivity contribution in [1.29, 1.82) is 0 Å². The largest absolute Gasteiger partial charge is 0.439 e. The first-order chi connectivity index (χ1) is 18.4. The van der Waals surface area contributed by atoms with Gasteiger partial charge in [-0.2, -0.15) is 9.78 Å². The number of ether oxygens (including phenoxy) is 1. The number of benzene rings is 2. The van der Waals surface area contributed by atoms with E-state index in [4.69, 9.17) is 33.0 Å². The minimum atomic E-state index is -0.185. The number of nitrogens with zero attached hydrogens (tertiary/aromatic N) is 2. The van der Waals surface area contributed by atoms with Crippen LogP contribution in [-0.4, -0.2) is 27.8 Å². The molecule has 2 aromatic carbocycles. The molecule has 8 heteroatoms. The van der Waals surface area contributed by atoms with Gasteiger partial charge in [0.05, 0.1) is 16.3 Å². The summed E-state index contributed by atoms with van der Waals surface area (Å²) in [6, 6.07) is 15.0. The molecule has 1 fully saturated rings. The molecule has 3 aromatic rings. The fourth-order valence-corrected chi connectivity index (χ4v) is 5.25. The van der Waals surface area contributed by atoms with Crippen molar-refractivity contribution in [2.24, 2.45) is 5.92 Å². The molecule has 204 valence electrons. The SMILES string of the molecule is CCC(C)CC(C)NCc1c(C(=O)NC2CCCCC2)nn(-c2ccccc2Cl)c1Oc1ccc(Cl)cc1. The number of carbonyl (C=O) groups is 1. The van der Waals surface area contributed by atoms with E-state index in [1.807, 2.05) is 18.2 Å². The minimum absolute atomic E-state index is 0.160. The molecule has 2 atom stereocenters. The van der Waals surface area contributed by atoms with Crippen molar-refractivity contribution in [1.82, 2.24) is 20.4 Å². The van der Waals surface area contributed by atoms with Gasteiger partial charge in [-0.05, 0) is 68.5 Å². The van der Waals surface area contributed by atoms with Crippen LogP contribution in [0.15, 0.2) is 48.5 Å². The van der Waals surface area contributed by atoms with Crippen LogP contribution in [0.5, 0.6) is 11.6 Å². The molecular weight excluding hydrogens is 519 g/mol. The number of rotatable bonds is 11. The fraction of sp³-hybridized carbons (Fsp3) is 0.467. The molecule has 1 heterocycles. The minimum Gasteiger partial charge on any atom is -0.439 e. The van der Waals surface area contributed by atoms with E-state index in [-0.39, 0.29) is 18.0 Å². The van der Waals surface area contributed by atoms with Crippen LogP contribution in [0.2, 0.25) is 10.0 Å². The van der Waals surface area contributed by atoms with E-state index >= 15 is 0 Å². The van der Waals surface area contributed by atoms with Gasteiger partial charge in [-0.25, -0.2) is 0 Å². The molecule has 2 unspecified atom stereocenters. The number of halogens is 2. The first kappa shape index (κ1) is 28.5. The Balaban J connectivity index is 1.75. The Kier molecular flexibility index (Phi) is 10.1. The topological polar surface area (TPSA) is 68.2 Å². The van der Waals surface area contributed by atoms with E-state index in [1.165, 1.54) is 6.42 Å². The molecule has 38 heavy (non-hydrogen) atoms. The highest BCUT2D eigenvalue weighted by Crippen LogP contribution is 2.34. The van der Waals surface area contributed by atoms with Crippen LogP contribution in [0.4, 0.5) is 0 Å². The van der Waals surface area contributed by atoms with E-state index in [0.717, 1.165) is 38.5 Å². The van der Waals surface area contributed by atoms with E-state index in [0.29, 0.717) is 51.1 Å². The predicted octanol–water partition coefficient (Wildman–Crippen LogP) is 7.95. The van der Waals surface area contributed by atoms with Gasteiger partial charge in [-0.1, -0.05) is 74.9 Å². The third-order valence-electron chi connectivity index (χ3n) is 7.28. The van der Waals surface area contributed by atoms with Gasteiger partial charge >= 0.3 is 0 Å². The first-order valence-corrected chi connectivity index (χ1v) is 14.5. The van der Waals surface area contributed by atoms with Crippen molar-refractivity contribution in [2.75, 3.05) is 0 Å². The van der Waals surface area contributed by atoms with Crippen LogP contribution in [0.1, 0.15) is 81.8 Å². The summed E-state index contributed by atoms with van der Waals surface area (Å²) in [4.78, 5) is 13.7. The molecule has 2 N–H and O–H groups in total. The van der Waals surface area contributed by atoms with E-state index in [2.05, 4.69) is 31.4 Å². The average Bonchev–Trinajstić information content (AvgIpc) is 3.27. The second kappa shape index (κ2) is 13.5. The maximum atomic E-state index is 13.7. The lowest BCUT2D eigenvalue weighted by molar-refractivity contribution is 0.0921. The highest BCUT2D eigenvalue weighted by molar-refractivity contribution is 6.32. The summed E-state index contributed by atoms with van der Waals surface area (Å²) >= 11 is 12.7. The summed E-state index contributed by atoms with van der Waals surface area (Å²) in [6.45, 7) is 7.06. The van der Waals surface area contributed by atoms with Crippen LogP contribution < -0.4 is 15.4 Å². The van der Waals surface area contributed by atoms with E-state index < -0.39 is 0 Å². The lowest BCUT2D eigenvalue weighted by Gasteiger charge is -2.22. The number of hydrogen-bond acceptors (Lipinski definition) is 4. The van der Waals surface area contributed by atoms with Crippen LogP contribution in [0.25, 0.3) is 5.69 Å².